The number of carbonyl (C=O) groups is 1. The van der Waals surface area contributed by atoms with E-state index in [-0.39, 0.29) is 12.0 Å². The van der Waals surface area contributed by atoms with Gasteiger partial charge in [0, 0.05) is 12.5 Å². The Morgan fingerprint density at radius 2 is 2.15 bits per heavy atom. The third-order valence-electron chi connectivity index (χ3n) is 4.33. The lowest BCUT2D eigenvalue weighted by atomic mass is 9.99. The highest BCUT2D eigenvalue weighted by molar-refractivity contribution is 5.77. The normalized spacial score (nSPS) is 27.8. The van der Waals surface area contributed by atoms with E-state index in [1.807, 2.05) is 18.5 Å². The number of hydrogen-bond acceptors (Lipinski definition) is 5. The van der Waals surface area contributed by atoms with Crippen LogP contribution in [0.4, 0.5) is 0 Å². The maximum Gasteiger partial charge on any atom is 0.323 e. The third kappa shape index (κ3) is 2.57. The molecule has 0 N–H and O–H groups in total. The molecule has 0 saturated carbocycles. The quantitative estimate of drug-likeness (QED) is 0.774. The standard InChI is InChI=1S/C14H22N4O2/c1-10-15-11(2)18(16-10)9-12-5-3-4-7-17(12)13-6-8-20-14(13)19/h12-13H,3-9H2,1-2H3/t12-,13+/m1/s1. The minimum Gasteiger partial charge on any atom is -0.464 e. The number of rotatable bonds is 3. The second-order valence-electron chi connectivity index (χ2n) is 5.75. The SMILES string of the molecule is Cc1nc(C)n(C[C@H]2CCCCN2[C@H]2CCOC2=O)n1. The average molecular weight is 278 g/mol. The van der Waals surface area contributed by atoms with E-state index in [0.29, 0.717) is 12.6 Å². The van der Waals surface area contributed by atoms with E-state index in [0.717, 1.165) is 44.0 Å². The number of likely N-dealkylation sites (tertiary alicyclic amines) is 1. The number of aryl methyl sites for hydroxylation is 2. The summed E-state index contributed by atoms with van der Waals surface area (Å²) in [6, 6.07) is 0.310. The van der Waals surface area contributed by atoms with E-state index < -0.39 is 0 Å². The number of cyclic esters (lactones) is 1. The molecule has 2 aliphatic heterocycles. The minimum atomic E-state index is -0.0524. The lowest BCUT2D eigenvalue weighted by molar-refractivity contribution is -0.143. The van der Waals surface area contributed by atoms with Crippen molar-refractivity contribution < 1.29 is 9.53 Å². The van der Waals surface area contributed by atoms with Gasteiger partial charge in [-0.25, -0.2) is 9.67 Å². The first-order valence-corrected chi connectivity index (χ1v) is 7.45. The summed E-state index contributed by atoms with van der Waals surface area (Å²) in [4.78, 5) is 18.5. The van der Waals surface area contributed by atoms with Crippen molar-refractivity contribution in [1.82, 2.24) is 19.7 Å². The number of nitrogens with zero attached hydrogens (tertiary/aromatic N) is 4. The Kier molecular flexibility index (Phi) is 3.74. The zero-order valence-electron chi connectivity index (χ0n) is 12.2. The number of piperidine rings is 1. The van der Waals surface area contributed by atoms with E-state index in [1.165, 1.54) is 6.42 Å². The van der Waals surface area contributed by atoms with Crippen LogP contribution in [0.3, 0.4) is 0 Å². The van der Waals surface area contributed by atoms with Gasteiger partial charge < -0.3 is 4.74 Å². The van der Waals surface area contributed by atoms with Crippen molar-refractivity contribution in [2.75, 3.05) is 13.2 Å². The summed E-state index contributed by atoms with van der Waals surface area (Å²) < 4.78 is 7.10. The van der Waals surface area contributed by atoms with Gasteiger partial charge in [-0.15, -0.1) is 0 Å². The van der Waals surface area contributed by atoms with Crippen molar-refractivity contribution in [2.45, 2.75) is 58.2 Å². The van der Waals surface area contributed by atoms with Gasteiger partial charge in [-0.3, -0.25) is 9.69 Å². The molecule has 0 aromatic carbocycles. The summed E-state index contributed by atoms with van der Waals surface area (Å²) in [5, 5.41) is 4.45. The monoisotopic (exact) mass is 278 g/mol. The van der Waals surface area contributed by atoms with Gasteiger partial charge in [-0.1, -0.05) is 6.42 Å². The summed E-state index contributed by atoms with van der Waals surface area (Å²) >= 11 is 0. The lowest BCUT2D eigenvalue weighted by Crippen LogP contribution is -2.50. The molecule has 110 valence electrons. The lowest BCUT2D eigenvalue weighted by Gasteiger charge is -2.38. The fourth-order valence-corrected chi connectivity index (χ4v) is 3.35. The summed E-state index contributed by atoms with van der Waals surface area (Å²) in [6.07, 6.45) is 4.32. The van der Waals surface area contributed by atoms with E-state index in [9.17, 15) is 4.79 Å². The molecule has 2 fully saturated rings. The van der Waals surface area contributed by atoms with Crippen molar-refractivity contribution in [3.63, 3.8) is 0 Å². The van der Waals surface area contributed by atoms with Gasteiger partial charge in [-0.05, 0) is 33.2 Å². The Bertz CT molecular complexity index is 499. The van der Waals surface area contributed by atoms with Gasteiger partial charge in [-0.2, -0.15) is 5.10 Å². The van der Waals surface area contributed by atoms with Gasteiger partial charge in [0.1, 0.15) is 17.7 Å². The molecule has 0 unspecified atom stereocenters. The Labute approximate surface area is 119 Å². The van der Waals surface area contributed by atoms with Crippen LogP contribution in [0.15, 0.2) is 0 Å². The average Bonchev–Trinajstić information content (AvgIpc) is 2.97. The van der Waals surface area contributed by atoms with E-state index in [2.05, 4.69) is 15.0 Å². The summed E-state index contributed by atoms with van der Waals surface area (Å²) in [5.41, 5.74) is 0. The van der Waals surface area contributed by atoms with Gasteiger partial charge in [0.15, 0.2) is 0 Å². The van der Waals surface area contributed by atoms with Crippen LogP contribution in [0.25, 0.3) is 0 Å². The molecule has 6 nitrogen and oxygen atoms in total. The highest BCUT2D eigenvalue weighted by Crippen LogP contribution is 2.25. The fraction of sp³-hybridized carbons (Fsp3) is 0.786. The molecule has 0 spiro atoms. The van der Waals surface area contributed by atoms with Crippen LogP contribution in [-0.4, -0.2) is 50.9 Å². The Morgan fingerprint density at radius 3 is 2.80 bits per heavy atom. The molecular weight excluding hydrogens is 256 g/mol. The molecule has 3 heterocycles. The van der Waals surface area contributed by atoms with Gasteiger partial charge in [0.25, 0.3) is 0 Å². The molecule has 2 aliphatic rings. The Hall–Kier alpha value is -1.43. The van der Waals surface area contributed by atoms with Gasteiger partial charge in [0.2, 0.25) is 0 Å². The first kappa shape index (κ1) is 13.5. The number of esters is 1. The molecule has 3 rings (SSSR count). The van der Waals surface area contributed by atoms with Crippen molar-refractivity contribution in [1.29, 1.82) is 0 Å². The third-order valence-corrected chi connectivity index (χ3v) is 4.33. The van der Waals surface area contributed by atoms with Crippen LogP contribution in [0, 0.1) is 13.8 Å². The van der Waals surface area contributed by atoms with E-state index in [1.54, 1.807) is 0 Å². The Morgan fingerprint density at radius 1 is 1.30 bits per heavy atom. The zero-order chi connectivity index (χ0) is 14.1. The van der Waals surface area contributed by atoms with Crippen LogP contribution in [0.1, 0.15) is 37.3 Å². The molecule has 20 heavy (non-hydrogen) atoms. The molecule has 0 amide bonds. The summed E-state index contributed by atoms with van der Waals surface area (Å²) in [7, 11) is 0. The summed E-state index contributed by atoms with van der Waals surface area (Å²) in [5.74, 6) is 1.70. The molecule has 0 radical (unpaired) electrons. The van der Waals surface area contributed by atoms with Crippen LogP contribution in [0.5, 0.6) is 0 Å². The van der Waals surface area contributed by atoms with Crippen LogP contribution in [0.2, 0.25) is 0 Å². The first-order chi connectivity index (χ1) is 9.65. The molecule has 0 bridgehead atoms. The zero-order valence-corrected chi connectivity index (χ0v) is 12.2. The minimum absolute atomic E-state index is 0.0507. The van der Waals surface area contributed by atoms with Gasteiger partial charge in [0.05, 0.1) is 13.2 Å². The van der Waals surface area contributed by atoms with Crippen LogP contribution < -0.4 is 0 Å². The van der Waals surface area contributed by atoms with Crippen LogP contribution >= 0.6 is 0 Å². The highest BCUT2D eigenvalue weighted by atomic mass is 16.5. The van der Waals surface area contributed by atoms with E-state index in [4.69, 9.17) is 4.74 Å². The summed E-state index contributed by atoms with van der Waals surface area (Å²) in [6.45, 7) is 6.26. The van der Waals surface area contributed by atoms with E-state index >= 15 is 0 Å². The predicted molar refractivity (Wildman–Crippen MR) is 73.2 cm³/mol. The fourth-order valence-electron chi connectivity index (χ4n) is 3.35. The van der Waals surface area contributed by atoms with Crippen LogP contribution in [-0.2, 0) is 16.1 Å². The number of aromatic nitrogens is 3. The van der Waals surface area contributed by atoms with Crippen molar-refractivity contribution in [3.05, 3.63) is 11.6 Å². The molecular formula is C14H22N4O2. The molecule has 0 aliphatic carbocycles. The molecule has 1 aromatic heterocycles. The van der Waals surface area contributed by atoms with Crippen molar-refractivity contribution in [2.24, 2.45) is 0 Å². The molecule has 2 saturated heterocycles. The highest BCUT2D eigenvalue weighted by Gasteiger charge is 2.37. The number of carbonyl (C=O) groups excluding carboxylic acids is 1. The van der Waals surface area contributed by atoms with Crippen molar-refractivity contribution >= 4 is 5.97 Å². The smallest absolute Gasteiger partial charge is 0.323 e. The maximum atomic E-state index is 11.8. The molecule has 1 aromatic rings. The molecule has 2 atom stereocenters. The predicted octanol–water partition coefficient (Wildman–Crippen LogP) is 1.06. The Balaban J connectivity index is 1.75. The second-order valence-corrected chi connectivity index (χ2v) is 5.75. The topological polar surface area (TPSA) is 60.2 Å². The maximum absolute atomic E-state index is 11.8. The molecule has 6 heteroatoms. The number of ether oxygens (including phenoxy) is 1. The largest absolute Gasteiger partial charge is 0.464 e. The van der Waals surface area contributed by atoms with Crippen molar-refractivity contribution in [3.8, 4) is 0 Å². The second kappa shape index (κ2) is 5.52. The first-order valence-electron chi connectivity index (χ1n) is 7.45. The van der Waals surface area contributed by atoms with Gasteiger partial charge >= 0.3 is 5.97 Å². The number of hydrogen-bond donors (Lipinski definition) is 0.